The first-order chi connectivity index (χ1) is 9.36. The van der Waals surface area contributed by atoms with Crippen LogP contribution in [0.1, 0.15) is 38.7 Å². The number of nitrogens with one attached hydrogen (secondary N) is 1. The van der Waals surface area contributed by atoms with E-state index in [2.05, 4.69) is 18.6 Å². The largest absolute Gasteiger partial charge is 0.398 e. The van der Waals surface area contributed by atoms with Crippen molar-refractivity contribution < 1.29 is 8.42 Å². The van der Waals surface area contributed by atoms with Crippen LogP contribution in [0.5, 0.6) is 0 Å². The van der Waals surface area contributed by atoms with E-state index in [9.17, 15) is 8.42 Å². The minimum Gasteiger partial charge on any atom is -0.398 e. The molecule has 3 N–H and O–H groups in total. The Morgan fingerprint density at radius 2 is 2.05 bits per heavy atom. The number of anilines is 1. The molecular formula is C14H21N3O2S. The summed E-state index contributed by atoms with van der Waals surface area (Å²) in [4.78, 5) is 0.0281. The Morgan fingerprint density at radius 1 is 1.35 bits per heavy atom. The zero-order valence-corrected chi connectivity index (χ0v) is 12.7. The average Bonchev–Trinajstić information content (AvgIpc) is 2.37. The minimum atomic E-state index is -3.60. The van der Waals surface area contributed by atoms with E-state index in [1.165, 1.54) is 18.2 Å². The molecule has 0 spiro atoms. The minimum absolute atomic E-state index is 0.0281. The molecule has 0 fully saturated rings. The van der Waals surface area contributed by atoms with Crippen LogP contribution in [0.15, 0.2) is 23.1 Å². The highest BCUT2D eigenvalue weighted by atomic mass is 32.2. The summed E-state index contributed by atoms with van der Waals surface area (Å²) in [6.45, 7) is 4.68. The molecule has 0 unspecified atom stereocenters. The summed E-state index contributed by atoms with van der Waals surface area (Å²) >= 11 is 0. The van der Waals surface area contributed by atoms with Crippen LogP contribution in [-0.4, -0.2) is 15.0 Å². The number of nitrogens with two attached hydrogens (primary N) is 1. The Bertz CT molecular complexity index is 589. The lowest BCUT2D eigenvalue weighted by Crippen LogP contribution is -2.25. The van der Waals surface area contributed by atoms with Gasteiger partial charge in [0.25, 0.3) is 0 Å². The SMILES string of the molecule is CC(C)CCCCNS(=O)(=O)c1ccc(C#N)cc1N. The van der Waals surface area contributed by atoms with Gasteiger partial charge in [0.2, 0.25) is 10.0 Å². The van der Waals surface area contributed by atoms with Crippen LogP contribution >= 0.6 is 0 Å². The van der Waals surface area contributed by atoms with Crippen molar-refractivity contribution in [3.8, 4) is 6.07 Å². The van der Waals surface area contributed by atoms with Gasteiger partial charge in [-0.15, -0.1) is 0 Å². The Hall–Kier alpha value is -1.58. The van der Waals surface area contributed by atoms with Gasteiger partial charge < -0.3 is 5.73 Å². The Morgan fingerprint density at radius 3 is 2.60 bits per heavy atom. The zero-order valence-electron chi connectivity index (χ0n) is 11.9. The molecule has 0 aliphatic rings. The van der Waals surface area contributed by atoms with Crippen molar-refractivity contribution in [3.63, 3.8) is 0 Å². The fourth-order valence-electron chi connectivity index (χ4n) is 1.82. The van der Waals surface area contributed by atoms with E-state index in [4.69, 9.17) is 11.0 Å². The predicted molar refractivity (Wildman–Crippen MR) is 79.4 cm³/mol. The number of hydrogen-bond acceptors (Lipinski definition) is 4. The second-order valence-corrected chi connectivity index (χ2v) is 6.89. The summed E-state index contributed by atoms with van der Waals surface area (Å²) in [5.74, 6) is 0.626. The van der Waals surface area contributed by atoms with Gasteiger partial charge in [-0.25, -0.2) is 13.1 Å². The summed E-state index contributed by atoms with van der Waals surface area (Å²) < 4.78 is 26.7. The lowest BCUT2D eigenvalue weighted by Gasteiger charge is -2.09. The molecule has 0 heterocycles. The molecule has 0 aliphatic heterocycles. The number of benzene rings is 1. The molecule has 0 aromatic heterocycles. The lowest BCUT2D eigenvalue weighted by atomic mass is 10.1. The van der Waals surface area contributed by atoms with Gasteiger partial charge in [0.05, 0.1) is 17.3 Å². The van der Waals surface area contributed by atoms with Crippen LogP contribution in [0.3, 0.4) is 0 Å². The molecule has 0 amide bonds. The Balaban J connectivity index is 2.63. The van der Waals surface area contributed by atoms with Gasteiger partial charge in [-0.1, -0.05) is 26.7 Å². The van der Waals surface area contributed by atoms with E-state index < -0.39 is 10.0 Å². The number of nitrogens with zero attached hydrogens (tertiary/aromatic N) is 1. The number of nitriles is 1. The van der Waals surface area contributed by atoms with E-state index in [1.807, 2.05) is 6.07 Å². The molecule has 0 atom stereocenters. The van der Waals surface area contributed by atoms with Crippen LogP contribution in [0.2, 0.25) is 0 Å². The summed E-state index contributed by atoms with van der Waals surface area (Å²) in [5.41, 5.74) is 6.12. The topological polar surface area (TPSA) is 96.0 Å². The second kappa shape index (κ2) is 7.27. The van der Waals surface area contributed by atoms with E-state index in [-0.39, 0.29) is 10.6 Å². The Labute approximate surface area is 120 Å². The van der Waals surface area contributed by atoms with Gasteiger partial charge in [0.15, 0.2) is 0 Å². The number of sulfonamides is 1. The maximum atomic E-state index is 12.1. The first-order valence-electron chi connectivity index (χ1n) is 6.66. The summed E-state index contributed by atoms with van der Waals surface area (Å²) in [6.07, 6.45) is 2.87. The first kappa shape index (κ1) is 16.5. The van der Waals surface area contributed by atoms with Crippen LogP contribution in [0, 0.1) is 17.2 Å². The molecule has 0 aliphatic carbocycles. The van der Waals surface area contributed by atoms with Crippen LogP contribution in [0.25, 0.3) is 0 Å². The van der Waals surface area contributed by atoms with Crippen LogP contribution in [-0.2, 0) is 10.0 Å². The van der Waals surface area contributed by atoms with Crippen molar-refractivity contribution in [2.75, 3.05) is 12.3 Å². The van der Waals surface area contributed by atoms with Crippen molar-refractivity contribution in [3.05, 3.63) is 23.8 Å². The fraction of sp³-hybridized carbons (Fsp3) is 0.500. The Kier molecular flexibility index (Phi) is 5.99. The quantitative estimate of drug-likeness (QED) is 0.595. The smallest absolute Gasteiger partial charge is 0.242 e. The summed E-state index contributed by atoms with van der Waals surface area (Å²) in [5, 5.41) is 8.73. The molecule has 20 heavy (non-hydrogen) atoms. The van der Waals surface area contributed by atoms with Gasteiger partial charge in [0.1, 0.15) is 4.90 Å². The standard InChI is InChI=1S/C14H21N3O2S/c1-11(2)5-3-4-8-17-20(18,19)14-7-6-12(10-15)9-13(14)16/h6-7,9,11,17H,3-5,8,16H2,1-2H3. The molecule has 1 aromatic rings. The molecule has 5 nitrogen and oxygen atoms in total. The second-order valence-electron chi connectivity index (χ2n) is 5.15. The number of unbranched alkanes of at least 4 members (excludes halogenated alkanes) is 1. The third-order valence-corrected chi connectivity index (χ3v) is 4.46. The van der Waals surface area contributed by atoms with E-state index >= 15 is 0 Å². The maximum absolute atomic E-state index is 12.1. The molecule has 6 heteroatoms. The van der Waals surface area contributed by atoms with Crippen molar-refractivity contribution in [1.29, 1.82) is 5.26 Å². The molecule has 110 valence electrons. The molecular weight excluding hydrogens is 274 g/mol. The van der Waals surface area contributed by atoms with E-state index in [1.54, 1.807) is 0 Å². The normalized spacial score (nSPS) is 11.5. The van der Waals surface area contributed by atoms with Gasteiger partial charge in [-0.3, -0.25) is 0 Å². The van der Waals surface area contributed by atoms with Gasteiger partial charge in [-0.2, -0.15) is 5.26 Å². The highest BCUT2D eigenvalue weighted by molar-refractivity contribution is 7.89. The summed E-state index contributed by atoms with van der Waals surface area (Å²) in [6, 6.07) is 6.10. The van der Waals surface area contributed by atoms with Crippen molar-refractivity contribution in [1.82, 2.24) is 4.72 Å². The molecule has 1 aromatic carbocycles. The van der Waals surface area contributed by atoms with Gasteiger partial charge in [0, 0.05) is 6.54 Å². The van der Waals surface area contributed by atoms with Crippen molar-refractivity contribution in [2.24, 2.45) is 5.92 Å². The monoisotopic (exact) mass is 295 g/mol. The first-order valence-corrected chi connectivity index (χ1v) is 8.14. The molecule has 1 rings (SSSR count). The predicted octanol–water partition coefficient (Wildman–Crippen LogP) is 2.25. The molecule has 0 bridgehead atoms. The average molecular weight is 295 g/mol. The van der Waals surface area contributed by atoms with Crippen LogP contribution < -0.4 is 10.5 Å². The van der Waals surface area contributed by atoms with Gasteiger partial charge in [-0.05, 0) is 30.5 Å². The number of nitrogen functional groups attached to an aromatic ring is 1. The number of hydrogen-bond donors (Lipinski definition) is 2. The number of rotatable bonds is 7. The van der Waals surface area contributed by atoms with Gasteiger partial charge >= 0.3 is 0 Å². The molecule has 0 saturated heterocycles. The molecule has 0 saturated carbocycles. The van der Waals surface area contributed by atoms with Crippen molar-refractivity contribution in [2.45, 2.75) is 38.0 Å². The fourth-order valence-corrected chi connectivity index (χ4v) is 3.01. The van der Waals surface area contributed by atoms with E-state index in [0.29, 0.717) is 18.0 Å². The lowest BCUT2D eigenvalue weighted by molar-refractivity contribution is 0.530. The molecule has 0 radical (unpaired) electrons. The van der Waals surface area contributed by atoms with E-state index in [0.717, 1.165) is 19.3 Å². The third kappa shape index (κ3) is 4.83. The summed E-state index contributed by atoms with van der Waals surface area (Å²) in [7, 11) is -3.60. The van der Waals surface area contributed by atoms with Crippen molar-refractivity contribution >= 4 is 15.7 Å². The zero-order chi connectivity index (χ0) is 15.2. The third-order valence-electron chi connectivity index (χ3n) is 2.93. The highest BCUT2D eigenvalue weighted by Crippen LogP contribution is 2.19. The highest BCUT2D eigenvalue weighted by Gasteiger charge is 2.16. The van der Waals surface area contributed by atoms with Crippen LogP contribution in [0.4, 0.5) is 5.69 Å². The maximum Gasteiger partial charge on any atom is 0.242 e.